The van der Waals surface area contributed by atoms with E-state index in [-0.39, 0.29) is 6.04 Å². The van der Waals surface area contributed by atoms with Crippen LogP contribution in [0.5, 0.6) is 0 Å². The highest BCUT2D eigenvalue weighted by Crippen LogP contribution is 2.29. The summed E-state index contributed by atoms with van der Waals surface area (Å²) in [7, 11) is 0. The number of aliphatic carboxylic acids is 1. The number of carbonyl (C=O) groups is 1. The SMILES string of the molecule is CC(c1ccco1)N1CCC(N2CCCC2C(=O)O)CC1. The van der Waals surface area contributed by atoms with E-state index in [1.54, 1.807) is 6.26 Å². The zero-order chi connectivity index (χ0) is 14.8. The van der Waals surface area contributed by atoms with Crippen LogP contribution in [0.4, 0.5) is 0 Å². The number of nitrogens with zero attached hydrogens (tertiary/aromatic N) is 2. The Balaban J connectivity index is 1.56. The molecule has 1 aromatic rings. The molecule has 3 rings (SSSR count). The number of carboxylic acids is 1. The zero-order valence-electron chi connectivity index (χ0n) is 12.6. The van der Waals surface area contributed by atoms with Crippen LogP contribution < -0.4 is 0 Å². The van der Waals surface area contributed by atoms with E-state index >= 15 is 0 Å². The van der Waals surface area contributed by atoms with Gasteiger partial charge in [-0.2, -0.15) is 0 Å². The van der Waals surface area contributed by atoms with E-state index in [1.165, 1.54) is 0 Å². The van der Waals surface area contributed by atoms with Gasteiger partial charge in [0.15, 0.2) is 0 Å². The van der Waals surface area contributed by atoms with Gasteiger partial charge < -0.3 is 9.52 Å². The second-order valence-corrected chi connectivity index (χ2v) is 6.19. The Bertz CT molecular complexity index is 466. The maximum Gasteiger partial charge on any atom is 0.320 e. The van der Waals surface area contributed by atoms with Gasteiger partial charge in [-0.1, -0.05) is 0 Å². The largest absolute Gasteiger partial charge is 0.480 e. The third-order valence-electron chi connectivity index (χ3n) is 5.05. The van der Waals surface area contributed by atoms with Gasteiger partial charge >= 0.3 is 5.97 Å². The number of piperidine rings is 1. The Morgan fingerprint density at radius 1 is 1.33 bits per heavy atom. The molecular weight excluding hydrogens is 268 g/mol. The number of furan rings is 1. The van der Waals surface area contributed by atoms with E-state index in [1.807, 2.05) is 12.1 Å². The van der Waals surface area contributed by atoms with Crippen molar-refractivity contribution >= 4 is 5.97 Å². The summed E-state index contributed by atoms with van der Waals surface area (Å²) in [5.74, 6) is 0.358. The highest BCUT2D eigenvalue weighted by Gasteiger charge is 2.37. The molecule has 1 aromatic heterocycles. The summed E-state index contributed by atoms with van der Waals surface area (Å²) < 4.78 is 5.49. The van der Waals surface area contributed by atoms with Crippen LogP contribution in [0.25, 0.3) is 0 Å². The van der Waals surface area contributed by atoms with Gasteiger partial charge in [-0.15, -0.1) is 0 Å². The Kier molecular flexibility index (Phi) is 4.31. The van der Waals surface area contributed by atoms with Crippen molar-refractivity contribution in [2.75, 3.05) is 19.6 Å². The summed E-state index contributed by atoms with van der Waals surface area (Å²) in [4.78, 5) is 16.0. The molecule has 2 saturated heterocycles. The average molecular weight is 292 g/mol. The minimum atomic E-state index is -0.654. The fraction of sp³-hybridized carbons (Fsp3) is 0.688. The molecule has 21 heavy (non-hydrogen) atoms. The molecule has 116 valence electrons. The highest BCUT2D eigenvalue weighted by molar-refractivity contribution is 5.73. The molecule has 0 aromatic carbocycles. The summed E-state index contributed by atoms with van der Waals surface area (Å²) in [5.41, 5.74) is 0. The van der Waals surface area contributed by atoms with Crippen molar-refractivity contribution in [1.82, 2.24) is 9.80 Å². The third kappa shape index (κ3) is 2.99. The molecular formula is C16H24N2O3. The van der Waals surface area contributed by atoms with E-state index in [2.05, 4.69) is 16.7 Å². The molecule has 2 fully saturated rings. The summed E-state index contributed by atoms with van der Waals surface area (Å²) in [6.45, 7) is 5.13. The van der Waals surface area contributed by atoms with Crippen LogP contribution in [0, 0.1) is 0 Å². The average Bonchev–Trinajstić information content (AvgIpc) is 3.18. The van der Waals surface area contributed by atoms with Crippen molar-refractivity contribution in [3.8, 4) is 0 Å². The first-order valence-electron chi connectivity index (χ1n) is 7.93. The molecule has 2 atom stereocenters. The quantitative estimate of drug-likeness (QED) is 0.923. The molecule has 0 radical (unpaired) electrons. The molecule has 0 spiro atoms. The molecule has 2 aliphatic heterocycles. The van der Waals surface area contributed by atoms with Crippen LogP contribution in [0.15, 0.2) is 22.8 Å². The fourth-order valence-electron chi connectivity index (χ4n) is 3.80. The van der Waals surface area contributed by atoms with Crippen molar-refractivity contribution < 1.29 is 14.3 Å². The molecule has 3 heterocycles. The van der Waals surface area contributed by atoms with Gasteiger partial charge in [0.05, 0.1) is 12.3 Å². The lowest BCUT2D eigenvalue weighted by Gasteiger charge is -2.40. The van der Waals surface area contributed by atoms with E-state index < -0.39 is 5.97 Å². The Morgan fingerprint density at radius 3 is 2.71 bits per heavy atom. The van der Waals surface area contributed by atoms with E-state index in [9.17, 15) is 9.90 Å². The van der Waals surface area contributed by atoms with Crippen LogP contribution in [0.2, 0.25) is 0 Å². The van der Waals surface area contributed by atoms with E-state index in [0.29, 0.717) is 12.1 Å². The van der Waals surface area contributed by atoms with Gasteiger partial charge in [0, 0.05) is 19.1 Å². The molecule has 5 heteroatoms. The lowest BCUT2D eigenvalue weighted by molar-refractivity contribution is -0.143. The molecule has 0 saturated carbocycles. The van der Waals surface area contributed by atoms with Crippen LogP contribution in [0.1, 0.15) is 44.4 Å². The standard InChI is InChI=1S/C16H24N2O3/c1-12(15-5-3-11-21-15)17-9-6-13(7-10-17)18-8-2-4-14(18)16(19)20/h3,5,11-14H,2,4,6-10H2,1H3,(H,19,20). The number of carboxylic acid groups (broad SMARTS) is 1. The minimum Gasteiger partial charge on any atom is -0.480 e. The first kappa shape index (κ1) is 14.6. The number of rotatable bonds is 4. The van der Waals surface area contributed by atoms with Crippen LogP contribution >= 0.6 is 0 Å². The van der Waals surface area contributed by atoms with Gasteiger partial charge in [-0.05, 0) is 51.3 Å². The van der Waals surface area contributed by atoms with Crippen molar-refractivity contribution in [2.24, 2.45) is 0 Å². The Hall–Kier alpha value is -1.33. The number of likely N-dealkylation sites (tertiary alicyclic amines) is 2. The number of hydrogen-bond donors (Lipinski definition) is 1. The minimum absolute atomic E-state index is 0.260. The smallest absolute Gasteiger partial charge is 0.320 e. The van der Waals surface area contributed by atoms with Gasteiger partial charge in [0.2, 0.25) is 0 Å². The second-order valence-electron chi connectivity index (χ2n) is 6.19. The van der Waals surface area contributed by atoms with Crippen molar-refractivity contribution in [2.45, 2.75) is 50.7 Å². The van der Waals surface area contributed by atoms with Crippen LogP contribution in [-0.2, 0) is 4.79 Å². The molecule has 0 bridgehead atoms. The van der Waals surface area contributed by atoms with Gasteiger partial charge in [-0.3, -0.25) is 14.6 Å². The molecule has 0 amide bonds. The monoisotopic (exact) mass is 292 g/mol. The van der Waals surface area contributed by atoms with Crippen molar-refractivity contribution in [3.63, 3.8) is 0 Å². The molecule has 5 nitrogen and oxygen atoms in total. The Labute approximate surface area is 125 Å². The van der Waals surface area contributed by atoms with Gasteiger partial charge in [-0.25, -0.2) is 0 Å². The summed E-state index contributed by atoms with van der Waals surface area (Å²) in [5, 5.41) is 9.32. The van der Waals surface area contributed by atoms with Crippen molar-refractivity contribution in [3.05, 3.63) is 24.2 Å². The predicted octanol–water partition coefficient (Wildman–Crippen LogP) is 2.35. The van der Waals surface area contributed by atoms with E-state index in [4.69, 9.17) is 4.42 Å². The molecule has 2 aliphatic rings. The normalized spacial score (nSPS) is 27.0. The zero-order valence-corrected chi connectivity index (χ0v) is 12.6. The maximum atomic E-state index is 11.3. The molecule has 0 aliphatic carbocycles. The lowest BCUT2D eigenvalue weighted by Crippen LogP contribution is -2.49. The van der Waals surface area contributed by atoms with E-state index in [0.717, 1.165) is 51.1 Å². The van der Waals surface area contributed by atoms with Crippen molar-refractivity contribution in [1.29, 1.82) is 0 Å². The molecule has 1 N–H and O–H groups in total. The van der Waals surface area contributed by atoms with Gasteiger partial charge in [0.25, 0.3) is 0 Å². The molecule has 2 unspecified atom stereocenters. The van der Waals surface area contributed by atoms with Crippen LogP contribution in [-0.4, -0.2) is 52.6 Å². The third-order valence-corrected chi connectivity index (χ3v) is 5.05. The second kappa shape index (κ2) is 6.20. The topological polar surface area (TPSA) is 56.9 Å². The number of hydrogen-bond acceptors (Lipinski definition) is 4. The first-order chi connectivity index (χ1) is 10.2. The Morgan fingerprint density at radius 2 is 2.10 bits per heavy atom. The summed E-state index contributed by atoms with van der Waals surface area (Å²) in [6.07, 6.45) is 5.64. The lowest BCUT2D eigenvalue weighted by atomic mass is 10.0. The van der Waals surface area contributed by atoms with Gasteiger partial charge in [0.1, 0.15) is 11.8 Å². The first-order valence-corrected chi connectivity index (χ1v) is 7.93. The summed E-state index contributed by atoms with van der Waals surface area (Å²) >= 11 is 0. The fourth-order valence-corrected chi connectivity index (χ4v) is 3.80. The summed E-state index contributed by atoms with van der Waals surface area (Å²) in [6, 6.07) is 4.42. The highest BCUT2D eigenvalue weighted by atomic mass is 16.4. The maximum absolute atomic E-state index is 11.3. The predicted molar refractivity (Wildman–Crippen MR) is 79.1 cm³/mol. The van der Waals surface area contributed by atoms with Crippen LogP contribution in [0.3, 0.4) is 0 Å².